The molecule has 2 saturated heterocycles. The van der Waals surface area contributed by atoms with E-state index in [9.17, 15) is 13.2 Å². The molecular weight excluding hydrogens is 390 g/mol. The first-order valence-corrected chi connectivity index (χ1v) is 12.5. The van der Waals surface area contributed by atoms with Gasteiger partial charge in [0.1, 0.15) is 5.75 Å². The molecule has 1 saturated carbocycles. The second kappa shape index (κ2) is 7.25. The third kappa shape index (κ3) is 3.66. The normalized spacial score (nSPS) is 30.5. The number of nitrogens with zero attached hydrogens (tertiary/aromatic N) is 3. The van der Waals surface area contributed by atoms with E-state index in [-0.39, 0.29) is 23.8 Å². The van der Waals surface area contributed by atoms with Gasteiger partial charge in [-0.2, -0.15) is 4.31 Å². The van der Waals surface area contributed by atoms with E-state index < -0.39 is 10.0 Å². The second-order valence-electron chi connectivity index (χ2n) is 8.95. The molecule has 5 rings (SSSR count). The summed E-state index contributed by atoms with van der Waals surface area (Å²) in [5.74, 6) is 1.94. The molecule has 1 aliphatic carbocycles. The summed E-state index contributed by atoms with van der Waals surface area (Å²) in [6.07, 6.45) is 3.81. The monoisotopic (exact) mass is 419 g/mol. The summed E-state index contributed by atoms with van der Waals surface area (Å²) < 4.78 is 31.1. The molecule has 8 heteroatoms. The minimum absolute atomic E-state index is 0.0862. The zero-order valence-corrected chi connectivity index (χ0v) is 17.7. The molecule has 0 aromatic heterocycles. The van der Waals surface area contributed by atoms with Gasteiger partial charge in [0.25, 0.3) is 0 Å². The van der Waals surface area contributed by atoms with Gasteiger partial charge in [0, 0.05) is 56.8 Å². The van der Waals surface area contributed by atoms with E-state index in [1.165, 1.54) is 29.0 Å². The Labute approximate surface area is 172 Å². The van der Waals surface area contributed by atoms with Crippen molar-refractivity contribution >= 4 is 15.9 Å². The quantitative estimate of drug-likeness (QED) is 0.733. The van der Waals surface area contributed by atoms with Crippen LogP contribution in [0.2, 0.25) is 0 Å². The maximum atomic E-state index is 13.4. The Balaban J connectivity index is 1.35. The van der Waals surface area contributed by atoms with E-state index in [1.807, 2.05) is 17.0 Å². The van der Waals surface area contributed by atoms with Crippen LogP contribution in [0.4, 0.5) is 0 Å². The molecule has 1 aromatic carbocycles. The SMILES string of the molecule is CS(=O)(=O)N1CCN(C(=O)[C@@H]2CN(CC3CC3)[C@H]3c4ccccc4OC[C@@H]23)CC1. The summed E-state index contributed by atoms with van der Waals surface area (Å²) in [6, 6.07) is 8.47. The topological polar surface area (TPSA) is 70.2 Å². The summed E-state index contributed by atoms with van der Waals surface area (Å²) in [6.45, 7) is 4.12. The number of para-hydroxylation sites is 1. The Morgan fingerprint density at radius 3 is 2.55 bits per heavy atom. The number of rotatable bonds is 4. The molecular formula is C21H29N3O4S. The van der Waals surface area contributed by atoms with E-state index >= 15 is 0 Å². The van der Waals surface area contributed by atoms with Crippen molar-refractivity contribution in [3.8, 4) is 5.75 Å². The Bertz CT molecular complexity index is 893. The molecule has 3 fully saturated rings. The summed E-state index contributed by atoms with van der Waals surface area (Å²) in [4.78, 5) is 17.8. The van der Waals surface area contributed by atoms with Crippen molar-refractivity contribution in [1.82, 2.24) is 14.1 Å². The van der Waals surface area contributed by atoms with Crippen molar-refractivity contribution in [3.05, 3.63) is 29.8 Å². The van der Waals surface area contributed by atoms with E-state index in [0.29, 0.717) is 32.8 Å². The number of fused-ring (bicyclic) bond motifs is 3. The van der Waals surface area contributed by atoms with Crippen LogP contribution in [0.3, 0.4) is 0 Å². The number of likely N-dealkylation sites (tertiary alicyclic amines) is 1. The molecule has 0 N–H and O–H groups in total. The average Bonchev–Trinajstić information content (AvgIpc) is 3.46. The first-order valence-electron chi connectivity index (χ1n) is 10.6. The summed E-state index contributed by atoms with van der Waals surface area (Å²) >= 11 is 0. The van der Waals surface area contributed by atoms with Gasteiger partial charge < -0.3 is 9.64 Å². The zero-order valence-electron chi connectivity index (χ0n) is 16.9. The van der Waals surface area contributed by atoms with Crippen molar-refractivity contribution in [3.63, 3.8) is 0 Å². The van der Waals surface area contributed by atoms with E-state index in [1.54, 1.807) is 0 Å². The molecule has 1 amide bonds. The van der Waals surface area contributed by atoms with Crippen LogP contribution in [0.5, 0.6) is 5.75 Å². The standard InChI is InChI=1S/C21H29N3O4S/c1-29(26,27)24-10-8-22(9-11-24)21(25)17-13-23(12-15-6-7-15)20-16-4-2-3-5-19(16)28-14-18(17)20/h2-5,15,17-18,20H,6-14H2,1H3/t17-,18+,20+/m1/s1. The number of benzene rings is 1. The fourth-order valence-corrected chi connectivity index (χ4v) is 6.05. The van der Waals surface area contributed by atoms with Gasteiger partial charge in [-0.25, -0.2) is 8.42 Å². The van der Waals surface area contributed by atoms with Crippen LogP contribution in [0, 0.1) is 17.8 Å². The molecule has 4 aliphatic rings. The molecule has 1 aromatic rings. The fraction of sp³-hybridized carbons (Fsp3) is 0.667. The Morgan fingerprint density at radius 2 is 1.86 bits per heavy atom. The lowest BCUT2D eigenvalue weighted by molar-refractivity contribution is -0.138. The zero-order chi connectivity index (χ0) is 20.2. The number of hydrogen-bond acceptors (Lipinski definition) is 5. The van der Waals surface area contributed by atoms with Crippen LogP contribution >= 0.6 is 0 Å². The summed E-state index contributed by atoms with van der Waals surface area (Å²) in [7, 11) is -3.19. The van der Waals surface area contributed by atoms with E-state index in [2.05, 4.69) is 17.0 Å². The van der Waals surface area contributed by atoms with E-state index in [0.717, 1.165) is 24.8 Å². The Morgan fingerprint density at radius 1 is 1.14 bits per heavy atom. The van der Waals surface area contributed by atoms with Crippen molar-refractivity contribution < 1.29 is 17.9 Å². The molecule has 7 nitrogen and oxygen atoms in total. The highest BCUT2D eigenvalue weighted by molar-refractivity contribution is 7.88. The van der Waals surface area contributed by atoms with Gasteiger partial charge in [-0.1, -0.05) is 18.2 Å². The number of piperazine rings is 1. The van der Waals surface area contributed by atoms with Crippen LogP contribution in [0.1, 0.15) is 24.4 Å². The number of carbonyl (C=O) groups is 1. The molecule has 0 bridgehead atoms. The molecule has 3 atom stereocenters. The largest absolute Gasteiger partial charge is 0.493 e. The molecule has 3 aliphatic heterocycles. The van der Waals surface area contributed by atoms with Gasteiger partial charge in [-0.3, -0.25) is 9.69 Å². The molecule has 3 heterocycles. The number of carbonyl (C=O) groups excluding carboxylic acids is 1. The van der Waals surface area contributed by atoms with E-state index in [4.69, 9.17) is 4.74 Å². The average molecular weight is 420 g/mol. The van der Waals surface area contributed by atoms with Crippen LogP contribution in [-0.2, 0) is 14.8 Å². The third-order valence-corrected chi connectivity index (χ3v) is 8.25. The minimum Gasteiger partial charge on any atom is -0.493 e. The molecule has 0 unspecified atom stereocenters. The second-order valence-corrected chi connectivity index (χ2v) is 10.9. The number of amides is 1. The van der Waals surface area contributed by atoms with Crippen molar-refractivity contribution in [2.75, 3.05) is 52.1 Å². The van der Waals surface area contributed by atoms with Gasteiger partial charge in [-0.05, 0) is 24.8 Å². The Hall–Kier alpha value is -1.64. The maximum Gasteiger partial charge on any atom is 0.227 e. The first kappa shape index (κ1) is 19.3. The maximum absolute atomic E-state index is 13.4. The molecule has 0 spiro atoms. The van der Waals surface area contributed by atoms with Crippen LogP contribution < -0.4 is 4.74 Å². The number of sulfonamides is 1. The summed E-state index contributed by atoms with van der Waals surface area (Å²) in [5, 5.41) is 0. The smallest absolute Gasteiger partial charge is 0.227 e. The van der Waals surface area contributed by atoms with Crippen LogP contribution in [0.25, 0.3) is 0 Å². The predicted molar refractivity (Wildman–Crippen MR) is 109 cm³/mol. The Kier molecular flexibility index (Phi) is 4.83. The number of ether oxygens (including phenoxy) is 1. The molecule has 0 radical (unpaired) electrons. The predicted octanol–water partition coefficient (Wildman–Crippen LogP) is 1.18. The van der Waals surface area contributed by atoms with Gasteiger partial charge in [-0.15, -0.1) is 0 Å². The lowest BCUT2D eigenvalue weighted by Crippen LogP contribution is -2.52. The molecule has 158 valence electrons. The fourth-order valence-electron chi connectivity index (χ4n) is 5.23. The van der Waals surface area contributed by atoms with Gasteiger partial charge in [0.15, 0.2) is 0 Å². The van der Waals surface area contributed by atoms with Gasteiger partial charge in [0.2, 0.25) is 15.9 Å². The number of hydrogen-bond donors (Lipinski definition) is 0. The highest BCUT2D eigenvalue weighted by Gasteiger charge is 2.50. The highest BCUT2D eigenvalue weighted by Crippen LogP contribution is 2.49. The third-order valence-electron chi connectivity index (χ3n) is 6.94. The lowest BCUT2D eigenvalue weighted by Gasteiger charge is -2.37. The van der Waals surface area contributed by atoms with Crippen molar-refractivity contribution in [2.45, 2.75) is 18.9 Å². The van der Waals surface area contributed by atoms with Crippen LogP contribution in [-0.4, -0.2) is 80.6 Å². The summed E-state index contributed by atoms with van der Waals surface area (Å²) in [5.41, 5.74) is 1.21. The lowest BCUT2D eigenvalue weighted by atomic mass is 9.84. The minimum atomic E-state index is -3.19. The molecule has 29 heavy (non-hydrogen) atoms. The van der Waals surface area contributed by atoms with Crippen molar-refractivity contribution in [2.24, 2.45) is 17.8 Å². The van der Waals surface area contributed by atoms with Crippen LogP contribution in [0.15, 0.2) is 24.3 Å². The highest BCUT2D eigenvalue weighted by atomic mass is 32.2. The first-order chi connectivity index (χ1) is 13.9. The van der Waals surface area contributed by atoms with Crippen molar-refractivity contribution in [1.29, 1.82) is 0 Å². The van der Waals surface area contributed by atoms with Gasteiger partial charge in [0.05, 0.1) is 18.8 Å². The van der Waals surface area contributed by atoms with Gasteiger partial charge >= 0.3 is 0 Å².